The maximum atomic E-state index is 10.3. The maximum Gasteiger partial charge on any atom is 0.320 e. The zero-order valence-corrected chi connectivity index (χ0v) is 5.82. The van der Waals surface area contributed by atoms with Gasteiger partial charge in [-0.25, -0.2) is 4.98 Å². The van der Waals surface area contributed by atoms with Gasteiger partial charge in [0.2, 0.25) is 0 Å². The molecule has 4 N–H and O–H groups in total. The van der Waals surface area contributed by atoms with Gasteiger partial charge in [-0.05, 0) is 0 Å². The Morgan fingerprint density at radius 1 is 1.91 bits per heavy atom. The average Bonchev–Trinajstić information content (AvgIpc) is 2.39. The van der Waals surface area contributed by atoms with E-state index in [4.69, 9.17) is 10.8 Å². The van der Waals surface area contributed by atoms with E-state index in [-0.39, 0.29) is 6.42 Å². The second-order valence-electron chi connectivity index (χ2n) is 2.18. The number of nitrogens with one attached hydrogen (secondary N) is 1. The summed E-state index contributed by atoms with van der Waals surface area (Å²) in [5.41, 5.74) is 5.25. The van der Waals surface area contributed by atoms with Crippen molar-refractivity contribution < 1.29 is 9.90 Å². The van der Waals surface area contributed by atoms with Crippen LogP contribution in [0.5, 0.6) is 0 Å². The van der Waals surface area contributed by atoms with Gasteiger partial charge in [0.05, 0.1) is 0 Å². The molecular formula is C6H9N3O2. The fourth-order valence-corrected chi connectivity index (χ4v) is 0.705. The number of carboxylic acid groups (broad SMARTS) is 1. The number of aromatic nitrogens is 2. The summed E-state index contributed by atoms with van der Waals surface area (Å²) < 4.78 is 0. The van der Waals surface area contributed by atoms with Gasteiger partial charge in [0, 0.05) is 18.8 Å². The van der Waals surface area contributed by atoms with Crippen molar-refractivity contribution in [2.45, 2.75) is 12.5 Å². The van der Waals surface area contributed by atoms with E-state index >= 15 is 0 Å². The molecule has 0 spiro atoms. The van der Waals surface area contributed by atoms with Crippen LogP contribution in [0.15, 0.2) is 12.4 Å². The first kappa shape index (κ1) is 7.74. The Labute approximate surface area is 63.3 Å². The molecule has 0 unspecified atom stereocenters. The van der Waals surface area contributed by atoms with Gasteiger partial charge in [0.15, 0.2) is 0 Å². The quantitative estimate of drug-likeness (QED) is 0.541. The van der Waals surface area contributed by atoms with Crippen LogP contribution in [0.25, 0.3) is 0 Å². The summed E-state index contributed by atoms with van der Waals surface area (Å²) >= 11 is 0. The largest absolute Gasteiger partial charge is 0.480 e. The number of imidazole rings is 1. The first-order valence-corrected chi connectivity index (χ1v) is 3.17. The third-order valence-electron chi connectivity index (χ3n) is 1.29. The van der Waals surface area contributed by atoms with Crippen LogP contribution in [0.3, 0.4) is 0 Å². The standard InChI is InChI=1S/C6H9N3O2/c7-4(6(10)11)3-5-8-1-2-9-5/h1-2,4H,3,7H2,(H,8,9)(H,10,11)/t4-/m0/s1. The smallest absolute Gasteiger partial charge is 0.320 e. The lowest BCUT2D eigenvalue weighted by atomic mass is 10.2. The van der Waals surface area contributed by atoms with Gasteiger partial charge in [0.1, 0.15) is 11.9 Å². The highest BCUT2D eigenvalue weighted by atomic mass is 16.4. The number of nitrogens with two attached hydrogens (primary N) is 1. The first-order valence-electron chi connectivity index (χ1n) is 3.17. The highest BCUT2D eigenvalue weighted by Crippen LogP contribution is 1.93. The highest BCUT2D eigenvalue weighted by molar-refractivity contribution is 5.73. The van der Waals surface area contributed by atoms with Gasteiger partial charge in [-0.1, -0.05) is 0 Å². The van der Waals surface area contributed by atoms with Crippen molar-refractivity contribution >= 4 is 5.97 Å². The van der Waals surface area contributed by atoms with Crippen LogP contribution < -0.4 is 5.73 Å². The number of carbonyl (C=O) groups is 1. The highest BCUT2D eigenvalue weighted by Gasteiger charge is 2.12. The summed E-state index contributed by atoms with van der Waals surface area (Å²) in [5.74, 6) is -0.415. The fourth-order valence-electron chi connectivity index (χ4n) is 0.705. The normalized spacial score (nSPS) is 12.8. The lowest BCUT2D eigenvalue weighted by Crippen LogP contribution is -2.32. The number of aliphatic carboxylic acids is 1. The lowest BCUT2D eigenvalue weighted by molar-refractivity contribution is -0.138. The first-order chi connectivity index (χ1) is 5.20. The predicted octanol–water partition coefficient (Wildman–Crippen LogP) is -0.636. The van der Waals surface area contributed by atoms with E-state index < -0.39 is 12.0 Å². The molecule has 0 amide bonds. The fraction of sp³-hybridized carbons (Fsp3) is 0.333. The van der Waals surface area contributed by atoms with E-state index in [0.29, 0.717) is 5.82 Å². The molecule has 1 aromatic heterocycles. The van der Waals surface area contributed by atoms with Crippen molar-refractivity contribution in [3.8, 4) is 0 Å². The summed E-state index contributed by atoms with van der Waals surface area (Å²) in [7, 11) is 0. The Balaban J connectivity index is 2.50. The van der Waals surface area contributed by atoms with Gasteiger partial charge in [0.25, 0.3) is 0 Å². The molecule has 0 aliphatic rings. The molecule has 0 saturated heterocycles. The lowest BCUT2D eigenvalue weighted by Gasteiger charge is -2.01. The van der Waals surface area contributed by atoms with Crippen LogP contribution in [0.1, 0.15) is 5.82 Å². The summed E-state index contributed by atoms with van der Waals surface area (Å²) in [6.45, 7) is 0. The van der Waals surface area contributed by atoms with Crippen molar-refractivity contribution in [1.29, 1.82) is 0 Å². The number of H-pyrrole nitrogens is 1. The number of rotatable bonds is 3. The third kappa shape index (κ3) is 2.05. The summed E-state index contributed by atoms with van der Waals surface area (Å²) in [6, 6.07) is -0.874. The van der Waals surface area contributed by atoms with Crippen LogP contribution in [-0.2, 0) is 11.2 Å². The Kier molecular flexibility index (Phi) is 2.22. The molecule has 11 heavy (non-hydrogen) atoms. The molecule has 0 bridgehead atoms. The second kappa shape index (κ2) is 3.16. The molecule has 1 rings (SSSR count). The number of hydrogen-bond donors (Lipinski definition) is 3. The van der Waals surface area contributed by atoms with E-state index in [1.54, 1.807) is 12.4 Å². The number of nitrogens with zero attached hydrogens (tertiary/aromatic N) is 1. The Bertz CT molecular complexity index is 232. The van der Waals surface area contributed by atoms with E-state index in [1.807, 2.05) is 0 Å². The van der Waals surface area contributed by atoms with E-state index in [2.05, 4.69) is 9.97 Å². The topological polar surface area (TPSA) is 92.0 Å². The van der Waals surface area contributed by atoms with Crippen LogP contribution >= 0.6 is 0 Å². The summed E-state index contributed by atoms with van der Waals surface area (Å²) in [6.07, 6.45) is 3.43. The van der Waals surface area contributed by atoms with Gasteiger partial charge < -0.3 is 15.8 Å². The molecule has 1 heterocycles. The molecule has 0 radical (unpaired) electrons. The molecular weight excluding hydrogens is 146 g/mol. The number of carboxylic acids is 1. The van der Waals surface area contributed by atoms with Crippen LogP contribution in [-0.4, -0.2) is 27.1 Å². The minimum Gasteiger partial charge on any atom is -0.480 e. The van der Waals surface area contributed by atoms with Gasteiger partial charge in [-0.15, -0.1) is 0 Å². The van der Waals surface area contributed by atoms with Crippen molar-refractivity contribution in [3.05, 3.63) is 18.2 Å². The van der Waals surface area contributed by atoms with Crippen LogP contribution in [0.2, 0.25) is 0 Å². The molecule has 60 valence electrons. The minimum atomic E-state index is -1.01. The van der Waals surface area contributed by atoms with Crippen LogP contribution in [0, 0.1) is 0 Å². The Morgan fingerprint density at radius 3 is 3.09 bits per heavy atom. The minimum absolute atomic E-state index is 0.238. The molecule has 5 nitrogen and oxygen atoms in total. The average molecular weight is 155 g/mol. The second-order valence-corrected chi connectivity index (χ2v) is 2.18. The molecule has 1 atom stereocenters. The van der Waals surface area contributed by atoms with Gasteiger partial charge in [-0.3, -0.25) is 4.79 Å². The molecule has 0 fully saturated rings. The summed E-state index contributed by atoms with van der Waals surface area (Å²) in [5, 5.41) is 8.41. The monoisotopic (exact) mass is 155 g/mol. The van der Waals surface area contributed by atoms with E-state index in [0.717, 1.165) is 0 Å². The van der Waals surface area contributed by atoms with Crippen molar-refractivity contribution in [3.63, 3.8) is 0 Å². The van der Waals surface area contributed by atoms with Crippen molar-refractivity contribution in [1.82, 2.24) is 9.97 Å². The molecule has 0 aliphatic heterocycles. The Hall–Kier alpha value is -1.36. The zero-order chi connectivity index (χ0) is 8.27. The predicted molar refractivity (Wildman–Crippen MR) is 37.9 cm³/mol. The zero-order valence-electron chi connectivity index (χ0n) is 5.82. The van der Waals surface area contributed by atoms with E-state index in [1.165, 1.54) is 0 Å². The summed E-state index contributed by atoms with van der Waals surface area (Å²) in [4.78, 5) is 16.9. The molecule has 1 aromatic rings. The SMILES string of the molecule is N[C@@H](Cc1ncc[nH]1)C(=O)O. The van der Waals surface area contributed by atoms with Crippen LogP contribution in [0.4, 0.5) is 0 Å². The number of aromatic amines is 1. The van der Waals surface area contributed by atoms with Crippen molar-refractivity contribution in [2.75, 3.05) is 0 Å². The van der Waals surface area contributed by atoms with Gasteiger partial charge >= 0.3 is 5.97 Å². The molecule has 5 heteroatoms. The van der Waals surface area contributed by atoms with E-state index in [9.17, 15) is 4.79 Å². The maximum absolute atomic E-state index is 10.3. The number of hydrogen-bond acceptors (Lipinski definition) is 3. The van der Waals surface area contributed by atoms with Gasteiger partial charge in [-0.2, -0.15) is 0 Å². The van der Waals surface area contributed by atoms with Crippen molar-refractivity contribution in [2.24, 2.45) is 5.73 Å². The molecule has 0 saturated carbocycles. The Morgan fingerprint density at radius 2 is 2.64 bits per heavy atom. The molecule has 0 aromatic carbocycles. The molecule has 0 aliphatic carbocycles. The third-order valence-corrected chi connectivity index (χ3v) is 1.29.